The van der Waals surface area contributed by atoms with Crippen molar-refractivity contribution in [2.75, 3.05) is 13.6 Å². The van der Waals surface area contributed by atoms with E-state index < -0.39 is 12.1 Å². The normalized spacial score (nSPS) is 13.5. The van der Waals surface area contributed by atoms with E-state index in [2.05, 4.69) is 10.3 Å². The molecule has 0 unspecified atom stereocenters. The summed E-state index contributed by atoms with van der Waals surface area (Å²) in [6.45, 7) is 2.34. The standard InChI is InChI=1S/C18H20FN3O.ClH/c1-12-17-13(6-8-21-12)7-9-22(17)18(16(23)11-20-2)14-4-3-5-15(19)10-14;/h3-10,16,18,20,23H,11H2,1-2H3;1H/t16-,18+;/m1./s1. The Balaban J connectivity index is 0.00000208. The smallest absolute Gasteiger partial charge is 0.123 e. The van der Waals surface area contributed by atoms with Crippen LogP contribution in [0, 0.1) is 12.7 Å². The number of fused-ring (bicyclic) bond motifs is 1. The number of benzene rings is 1. The zero-order chi connectivity index (χ0) is 16.4. The number of nitrogens with one attached hydrogen (secondary N) is 1. The topological polar surface area (TPSA) is 50.1 Å². The number of pyridine rings is 1. The van der Waals surface area contributed by atoms with Crippen LogP contribution in [0.3, 0.4) is 0 Å². The summed E-state index contributed by atoms with van der Waals surface area (Å²) in [5.74, 6) is -0.310. The Labute approximate surface area is 146 Å². The zero-order valence-corrected chi connectivity index (χ0v) is 14.4. The van der Waals surface area contributed by atoms with Crippen LogP contribution in [-0.2, 0) is 0 Å². The van der Waals surface area contributed by atoms with Crippen molar-refractivity contribution in [3.8, 4) is 0 Å². The van der Waals surface area contributed by atoms with Gasteiger partial charge in [0.25, 0.3) is 0 Å². The van der Waals surface area contributed by atoms with Crippen LogP contribution >= 0.6 is 12.4 Å². The first-order valence-corrected chi connectivity index (χ1v) is 7.62. The van der Waals surface area contributed by atoms with Gasteiger partial charge in [0.05, 0.1) is 23.4 Å². The molecule has 3 rings (SSSR count). The molecule has 4 nitrogen and oxygen atoms in total. The number of aryl methyl sites for hydroxylation is 1. The molecule has 0 aliphatic heterocycles. The maximum atomic E-state index is 13.7. The molecule has 0 aliphatic carbocycles. The number of hydrogen-bond donors (Lipinski definition) is 2. The number of aromatic nitrogens is 2. The molecule has 0 fully saturated rings. The van der Waals surface area contributed by atoms with E-state index in [-0.39, 0.29) is 18.2 Å². The van der Waals surface area contributed by atoms with Crippen molar-refractivity contribution < 1.29 is 9.50 Å². The third-order valence-corrected chi connectivity index (χ3v) is 4.08. The van der Waals surface area contributed by atoms with E-state index in [4.69, 9.17) is 0 Å². The fourth-order valence-corrected chi connectivity index (χ4v) is 3.10. The van der Waals surface area contributed by atoms with Gasteiger partial charge in [-0.25, -0.2) is 4.39 Å². The highest BCUT2D eigenvalue weighted by atomic mass is 35.5. The molecule has 0 saturated carbocycles. The first-order valence-electron chi connectivity index (χ1n) is 7.62. The van der Waals surface area contributed by atoms with Crippen LogP contribution < -0.4 is 5.32 Å². The Morgan fingerprint density at radius 2 is 2.08 bits per heavy atom. The fourth-order valence-electron chi connectivity index (χ4n) is 3.10. The number of aliphatic hydroxyl groups is 1. The van der Waals surface area contributed by atoms with Gasteiger partial charge in [-0.15, -0.1) is 12.4 Å². The van der Waals surface area contributed by atoms with Gasteiger partial charge in [-0.1, -0.05) is 12.1 Å². The third kappa shape index (κ3) is 3.43. The minimum Gasteiger partial charge on any atom is -0.389 e. The van der Waals surface area contributed by atoms with Gasteiger partial charge in [-0.05, 0) is 43.8 Å². The molecule has 0 bridgehead atoms. The van der Waals surface area contributed by atoms with Crippen LogP contribution in [0.25, 0.3) is 10.9 Å². The summed E-state index contributed by atoms with van der Waals surface area (Å²) in [6.07, 6.45) is 2.99. The quantitative estimate of drug-likeness (QED) is 0.744. The first kappa shape index (κ1) is 18.4. The summed E-state index contributed by atoms with van der Waals surface area (Å²) < 4.78 is 15.7. The van der Waals surface area contributed by atoms with Crippen molar-refractivity contribution in [1.29, 1.82) is 0 Å². The van der Waals surface area contributed by atoms with Crippen LogP contribution in [-0.4, -0.2) is 34.4 Å². The lowest BCUT2D eigenvalue weighted by Crippen LogP contribution is -2.33. The van der Waals surface area contributed by atoms with Crippen molar-refractivity contribution in [1.82, 2.24) is 14.9 Å². The predicted octanol–water partition coefficient (Wildman–Crippen LogP) is 3.08. The van der Waals surface area contributed by atoms with Crippen molar-refractivity contribution in [2.24, 2.45) is 0 Å². The van der Waals surface area contributed by atoms with Crippen LogP contribution in [0.15, 0.2) is 48.8 Å². The van der Waals surface area contributed by atoms with Gasteiger partial charge in [-0.3, -0.25) is 4.98 Å². The summed E-state index contributed by atoms with van der Waals surface area (Å²) >= 11 is 0. The lowest BCUT2D eigenvalue weighted by Gasteiger charge is -2.26. The maximum absolute atomic E-state index is 13.7. The summed E-state index contributed by atoms with van der Waals surface area (Å²) in [5.41, 5.74) is 2.57. The number of halogens is 2. The molecule has 24 heavy (non-hydrogen) atoms. The molecule has 3 aromatic rings. The van der Waals surface area contributed by atoms with Gasteiger partial charge >= 0.3 is 0 Å². The summed E-state index contributed by atoms with van der Waals surface area (Å²) in [5, 5.41) is 14.7. The molecule has 2 N–H and O–H groups in total. The van der Waals surface area contributed by atoms with Crippen molar-refractivity contribution in [3.05, 3.63) is 65.9 Å². The minimum absolute atomic E-state index is 0. The Bertz CT molecular complexity index is 821. The number of likely N-dealkylation sites (N-methyl/N-ethyl adjacent to an activating group) is 1. The average molecular weight is 350 g/mol. The van der Waals surface area contributed by atoms with Crippen molar-refractivity contribution in [2.45, 2.75) is 19.1 Å². The second kappa shape index (κ2) is 7.75. The summed E-state index contributed by atoms with van der Waals surface area (Å²) in [4.78, 5) is 4.35. The van der Waals surface area contributed by atoms with E-state index in [0.717, 1.165) is 22.2 Å². The molecule has 1 aromatic carbocycles. The Kier molecular flexibility index (Phi) is 5.94. The van der Waals surface area contributed by atoms with Gasteiger partial charge < -0.3 is 15.0 Å². The Morgan fingerprint density at radius 3 is 2.79 bits per heavy atom. The zero-order valence-electron chi connectivity index (χ0n) is 13.6. The van der Waals surface area contributed by atoms with E-state index >= 15 is 0 Å². The Morgan fingerprint density at radius 1 is 1.29 bits per heavy atom. The molecule has 0 spiro atoms. The molecule has 2 atom stereocenters. The molecule has 2 aromatic heterocycles. The highest BCUT2D eigenvalue weighted by Crippen LogP contribution is 2.29. The summed E-state index contributed by atoms with van der Waals surface area (Å²) in [7, 11) is 1.78. The van der Waals surface area contributed by atoms with Crippen LogP contribution in [0.1, 0.15) is 17.3 Å². The molecule has 2 heterocycles. The van der Waals surface area contributed by atoms with E-state index in [0.29, 0.717) is 6.54 Å². The van der Waals surface area contributed by atoms with Gasteiger partial charge in [0.1, 0.15) is 5.82 Å². The first-order chi connectivity index (χ1) is 11.1. The van der Waals surface area contributed by atoms with Crippen LogP contribution in [0.2, 0.25) is 0 Å². The highest BCUT2D eigenvalue weighted by molar-refractivity contribution is 5.85. The number of aliphatic hydroxyl groups excluding tert-OH is 1. The molecule has 0 amide bonds. The third-order valence-electron chi connectivity index (χ3n) is 4.08. The molecule has 0 saturated heterocycles. The molecule has 128 valence electrons. The van der Waals surface area contributed by atoms with Gasteiger partial charge in [-0.2, -0.15) is 0 Å². The van der Waals surface area contributed by atoms with Crippen molar-refractivity contribution in [3.63, 3.8) is 0 Å². The SMILES string of the molecule is CNC[C@@H](O)[C@H](c1cccc(F)c1)n1ccc2ccnc(C)c21.Cl. The molecule has 6 heteroatoms. The second-order valence-electron chi connectivity index (χ2n) is 5.68. The van der Waals surface area contributed by atoms with Gasteiger partial charge in [0.15, 0.2) is 0 Å². The van der Waals surface area contributed by atoms with E-state index in [1.165, 1.54) is 12.1 Å². The van der Waals surface area contributed by atoms with E-state index in [1.54, 1.807) is 19.3 Å². The largest absolute Gasteiger partial charge is 0.389 e. The van der Waals surface area contributed by atoms with Gasteiger partial charge in [0, 0.05) is 24.3 Å². The maximum Gasteiger partial charge on any atom is 0.123 e. The number of hydrogen-bond acceptors (Lipinski definition) is 3. The van der Waals surface area contributed by atoms with Crippen LogP contribution in [0.5, 0.6) is 0 Å². The fraction of sp³-hybridized carbons (Fsp3) is 0.278. The van der Waals surface area contributed by atoms with Crippen LogP contribution in [0.4, 0.5) is 4.39 Å². The van der Waals surface area contributed by atoms with E-state index in [1.807, 2.05) is 35.9 Å². The lowest BCUT2D eigenvalue weighted by atomic mass is 10.0. The summed E-state index contributed by atoms with van der Waals surface area (Å²) in [6, 6.07) is 9.92. The lowest BCUT2D eigenvalue weighted by molar-refractivity contribution is 0.132. The average Bonchev–Trinajstić information content (AvgIpc) is 2.93. The minimum atomic E-state index is -0.697. The monoisotopic (exact) mass is 349 g/mol. The molecular formula is C18H21ClFN3O. The molecular weight excluding hydrogens is 329 g/mol. The predicted molar refractivity (Wildman–Crippen MR) is 96.2 cm³/mol. The van der Waals surface area contributed by atoms with E-state index in [9.17, 15) is 9.50 Å². The molecule has 0 radical (unpaired) electrons. The van der Waals surface area contributed by atoms with Gasteiger partial charge in [0.2, 0.25) is 0 Å². The number of rotatable bonds is 5. The number of nitrogens with zero attached hydrogens (tertiary/aromatic N) is 2. The second-order valence-corrected chi connectivity index (χ2v) is 5.68. The molecule has 0 aliphatic rings. The van der Waals surface area contributed by atoms with Crippen molar-refractivity contribution >= 4 is 23.3 Å². The Hall–Kier alpha value is -1.95. The highest BCUT2D eigenvalue weighted by Gasteiger charge is 2.24.